The van der Waals surface area contributed by atoms with Gasteiger partial charge in [-0.25, -0.2) is 0 Å². The van der Waals surface area contributed by atoms with Gasteiger partial charge in [-0.05, 0) is 11.8 Å². The zero-order valence-electron chi connectivity index (χ0n) is 14.7. The lowest BCUT2D eigenvalue weighted by Crippen LogP contribution is -2.42. The molecule has 0 saturated carbocycles. The van der Waals surface area contributed by atoms with E-state index in [1.165, 1.54) is 0 Å². The maximum atomic E-state index is 12.6. The summed E-state index contributed by atoms with van der Waals surface area (Å²) >= 11 is 0. The van der Waals surface area contributed by atoms with Crippen LogP contribution in [0.5, 0.6) is 0 Å². The molecule has 1 atom stereocenters. The standard InChI is InChI=1S/C17H33NO2/c1-9-10-11-18(8)15(20)13(16(2,3)4)12-14(19)17(5,6)7/h13H,9-12H2,1-8H3. The molecule has 0 aliphatic heterocycles. The quantitative estimate of drug-likeness (QED) is 0.741. The second kappa shape index (κ2) is 7.24. The van der Waals surface area contributed by atoms with Crippen LogP contribution in [0, 0.1) is 16.7 Å². The molecular weight excluding hydrogens is 250 g/mol. The summed E-state index contributed by atoms with van der Waals surface area (Å²) in [7, 11) is 1.85. The molecule has 0 bridgehead atoms. The van der Waals surface area contributed by atoms with Crippen molar-refractivity contribution in [1.29, 1.82) is 0 Å². The van der Waals surface area contributed by atoms with E-state index in [1.807, 2.05) is 48.6 Å². The Labute approximate surface area is 125 Å². The fourth-order valence-corrected chi connectivity index (χ4v) is 2.03. The highest BCUT2D eigenvalue weighted by Gasteiger charge is 2.37. The van der Waals surface area contributed by atoms with Gasteiger partial charge in [0.05, 0.1) is 0 Å². The highest BCUT2D eigenvalue weighted by molar-refractivity contribution is 5.89. The van der Waals surface area contributed by atoms with Gasteiger partial charge in [0, 0.05) is 31.3 Å². The third-order valence-corrected chi connectivity index (χ3v) is 3.79. The predicted molar refractivity (Wildman–Crippen MR) is 84.6 cm³/mol. The molecular formula is C17H33NO2. The Balaban J connectivity index is 5.00. The Morgan fingerprint density at radius 3 is 1.90 bits per heavy atom. The van der Waals surface area contributed by atoms with Gasteiger partial charge in [-0.1, -0.05) is 54.9 Å². The molecule has 0 aliphatic carbocycles. The van der Waals surface area contributed by atoms with Crippen LogP contribution in [0.25, 0.3) is 0 Å². The lowest BCUT2D eigenvalue weighted by Gasteiger charge is -2.34. The normalized spacial score (nSPS) is 14.0. The van der Waals surface area contributed by atoms with Gasteiger partial charge in [-0.15, -0.1) is 0 Å². The monoisotopic (exact) mass is 283 g/mol. The molecule has 0 rings (SSSR count). The Kier molecular flexibility index (Phi) is 6.92. The number of amides is 1. The summed E-state index contributed by atoms with van der Waals surface area (Å²) in [6, 6.07) is 0. The van der Waals surface area contributed by atoms with Crippen molar-refractivity contribution in [2.45, 2.75) is 67.7 Å². The molecule has 3 nitrogen and oxygen atoms in total. The van der Waals surface area contributed by atoms with Crippen LogP contribution in [0.15, 0.2) is 0 Å². The van der Waals surface area contributed by atoms with E-state index in [-0.39, 0.29) is 28.4 Å². The van der Waals surface area contributed by atoms with Crippen LogP contribution in [0.2, 0.25) is 0 Å². The van der Waals surface area contributed by atoms with Gasteiger partial charge in [0.2, 0.25) is 5.91 Å². The van der Waals surface area contributed by atoms with Crippen LogP contribution in [0.4, 0.5) is 0 Å². The lowest BCUT2D eigenvalue weighted by atomic mass is 9.73. The number of Topliss-reactive ketones (excluding diaryl/α,β-unsaturated/α-hetero) is 1. The highest BCUT2D eigenvalue weighted by atomic mass is 16.2. The van der Waals surface area contributed by atoms with Gasteiger partial charge in [0.25, 0.3) is 0 Å². The zero-order chi connectivity index (χ0) is 16.1. The second-order valence-corrected chi connectivity index (χ2v) is 7.91. The maximum absolute atomic E-state index is 12.6. The average molecular weight is 283 g/mol. The molecule has 0 aromatic rings. The van der Waals surface area contributed by atoms with Crippen LogP contribution in [-0.2, 0) is 9.59 Å². The van der Waals surface area contributed by atoms with Crippen molar-refractivity contribution < 1.29 is 9.59 Å². The van der Waals surface area contributed by atoms with Gasteiger partial charge in [-0.2, -0.15) is 0 Å². The Hall–Kier alpha value is -0.860. The van der Waals surface area contributed by atoms with Crippen LogP contribution in [0.3, 0.4) is 0 Å². The summed E-state index contributed by atoms with van der Waals surface area (Å²) in [5.74, 6) is 0.0225. The molecule has 20 heavy (non-hydrogen) atoms. The van der Waals surface area contributed by atoms with Gasteiger partial charge in [0.1, 0.15) is 5.78 Å². The number of rotatable bonds is 6. The summed E-state index contributed by atoms with van der Waals surface area (Å²) < 4.78 is 0. The fourth-order valence-electron chi connectivity index (χ4n) is 2.03. The van der Waals surface area contributed by atoms with Crippen LogP contribution >= 0.6 is 0 Å². The van der Waals surface area contributed by atoms with E-state index in [0.717, 1.165) is 19.4 Å². The van der Waals surface area contributed by atoms with Crippen molar-refractivity contribution in [3.05, 3.63) is 0 Å². The summed E-state index contributed by atoms with van der Waals surface area (Å²) in [6.07, 6.45) is 2.41. The molecule has 0 spiro atoms. The minimum absolute atomic E-state index is 0.101. The Morgan fingerprint density at radius 2 is 1.55 bits per heavy atom. The Morgan fingerprint density at radius 1 is 1.05 bits per heavy atom. The third-order valence-electron chi connectivity index (χ3n) is 3.79. The van der Waals surface area contributed by atoms with Crippen molar-refractivity contribution in [2.24, 2.45) is 16.7 Å². The number of hydrogen-bond acceptors (Lipinski definition) is 2. The molecule has 0 heterocycles. The first-order valence-electron chi connectivity index (χ1n) is 7.69. The zero-order valence-corrected chi connectivity index (χ0v) is 14.7. The minimum Gasteiger partial charge on any atom is -0.345 e. The molecule has 0 radical (unpaired) electrons. The van der Waals surface area contributed by atoms with E-state index >= 15 is 0 Å². The summed E-state index contributed by atoms with van der Waals surface area (Å²) in [5, 5.41) is 0. The van der Waals surface area contributed by atoms with Crippen LogP contribution in [0.1, 0.15) is 67.7 Å². The molecule has 0 aromatic heterocycles. The smallest absolute Gasteiger partial charge is 0.226 e. The Bertz CT molecular complexity index is 334. The first-order chi connectivity index (χ1) is 8.91. The molecule has 0 aliphatic rings. The molecule has 0 N–H and O–H groups in total. The molecule has 118 valence electrons. The van der Waals surface area contributed by atoms with Gasteiger partial charge >= 0.3 is 0 Å². The van der Waals surface area contributed by atoms with Gasteiger partial charge in [0.15, 0.2) is 0 Å². The second-order valence-electron chi connectivity index (χ2n) is 7.91. The van der Waals surface area contributed by atoms with Crippen molar-refractivity contribution in [1.82, 2.24) is 4.90 Å². The number of hydrogen-bond donors (Lipinski definition) is 0. The largest absolute Gasteiger partial charge is 0.345 e. The first kappa shape index (κ1) is 19.1. The number of carbonyl (C=O) groups excluding carboxylic acids is 2. The van der Waals surface area contributed by atoms with E-state index in [1.54, 1.807) is 4.90 Å². The highest BCUT2D eigenvalue weighted by Crippen LogP contribution is 2.33. The number of nitrogens with zero attached hydrogens (tertiary/aromatic N) is 1. The maximum Gasteiger partial charge on any atom is 0.226 e. The van der Waals surface area contributed by atoms with Crippen molar-refractivity contribution in [3.8, 4) is 0 Å². The summed E-state index contributed by atoms with van der Waals surface area (Å²) in [5.41, 5.74) is -0.579. The molecule has 1 unspecified atom stereocenters. The molecule has 0 fully saturated rings. The van der Waals surface area contributed by atoms with E-state index in [2.05, 4.69) is 6.92 Å². The van der Waals surface area contributed by atoms with E-state index in [0.29, 0.717) is 6.42 Å². The lowest BCUT2D eigenvalue weighted by molar-refractivity contribution is -0.142. The van der Waals surface area contributed by atoms with Crippen molar-refractivity contribution >= 4 is 11.7 Å². The number of ketones is 1. The van der Waals surface area contributed by atoms with Crippen molar-refractivity contribution in [3.63, 3.8) is 0 Å². The third kappa shape index (κ3) is 6.06. The predicted octanol–water partition coefficient (Wildman–Crippen LogP) is 3.91. The minimum atomic E-state index is -0.383. The van der Waals surface area contributed by atoms with E-state index in [9.17, 15) is 9.59 Å². The number of carbonyl (C=O) groups is 2. The molecule has 0 saturated heterocycles. The molecule has 1 amide bonds. The van der Waals surface area contributed by atoms with E-state index in [4.69, 9.17) is 0 Å². The number of unbranched alkanes of at least 4 members (excludes halogenated alkanes) is 1. The summed E-state index contributed by atoms with van der Waals surface area (Å²) in [6.45, 7) is 14.8. The van der Waals surface area contributed by atoms with E-state index < -0.39 is 0 Å². The SMILES string of the molecule is CCCCN(C)C(=O)C(CC(=O)C(C)(C)C)C(C)(C)C. The first-order valence-corrected chi connectivity index (χ1v) is 7.69. The average Bonchev–Trinajstić information content (AvgIpc) is 2.28. The van der Waals surface area contributed by atoms with Crippen LogP contribution < -0.4 is 0 Å². The van der Waals surface area contributed by atoms with Crippen molar-refractivity contribution in [2.75, 3.05) is 13.6 Å². The molecule has 3 heteroatoms. The van der Waals surface area contributed by atoms with Gasteiger partial charge < -0.3 is 4.90 Å². The molecule has 0 aromatic carbocycles. The van der Waals surface area contributed by atoms with Crippen LogP contribution in [-0.4, -0.2) is 30.2 Å². The summed E-state index contributed by atoms with van der Waals surface area (Å²) in [4.78, 5) is 26.7. The van der Waals surface area contributed by atoms with Gasteiger partial charge in [-0.3, -0.25) is 9.59 Å². The fraction of sp³-hybridized carbons (Fsp3) is 0.882. The topological polar surface area (TPSA) is 37.4 Å².